The second-order valence-corrected chi connectivity index (χ2v) is 5.83. The molecule has 1 aliphatic rings. The van der Waals surface area contributed by atoms with E-state index in [-0.39, 0.29) is 24.5 Å². The zero-order chi connectivity index (χ0) is 14.0. The molecule has 0 aliphatic carbocycles. The van der Waals surface area contributed by atoms with Crippen LogP contribution in [-0.4, -0.2) is 35.1 Å². The first kappa shape index (κ1) is 14.4. The average molecular weight is 282 g/mol. The first-order valence-electron chi connectivity index (χ1n) is 6.71. The third-order valence-corrected chi connectivity index (χ3v) is 4.15. The van der Waals surface area contributed by atoms with Crippen LogP contribution in [0.2, 0.25) is 5.02 Å². The number of nitrogens with zero attached hydrogens (tertiary/aromatic N) is 1. The number of amides is 1. The van der Waals surface area contributed by atoms with E-state index >= 15 is 0 Å². The molecule has 104 valence electrons. The Labute approximate surface area is 119 Å². The summed E-state index contributed by atoms with van der Waals surface area (Å²) in [6.45, 7) is 4.75. The number of carbonyl (C=O) groups is 1. The molecule has 2 rings (SSSR count). The van der Waals surface area contributed by atoms with Crippen molar-refractivity contribution in [2.24, 2.45) is 5.92 Å². The minimum atomic E-state index is 0.0415. The van der Waals surface area contributed by atoms with Gasteiger partial charge in [0.1, 0.15) is 0 Å². The normalized spacial score (nSPS) is 23.5. The predicted molar refractivity (Wildman–Crippen MR) is 76.5 cm³/mol. The van der Waals surface area contributed by atoms with Gasteiger partial charge in [0.25, 0.3) is 5.91 Å². The van der Waals surface area contributed by atoms with Gasteiger partial charge in [0, 0.05) is 29.8 Å². The number of aryl methyl sites for hydroxylation is 1. The van der Waals surface area contributed by atoms with Gasteiger partial charge in [0.15, 0.2) is 0 Å². The van der Waals surface area contributed by atoms with E-state index in [1.807, 2.05) is 17.9 Å². The molecule has 2 atom stereocenters. The van der Waals surface area contributed by atoms with E-state index in [1.165, 1.54) is 0 Å². The zero-order valence-electron chi connectivity index (χ0n) is 11.4. The van der Waals surface area contributed by atoms with Crippen molar-refractivity contribution in [3.05, 3.63) is 34.3 Å². The fourth-order valence-corrected chi connectivity index (χ4v) is 2.86. The molecule has 2 unspecified atom stereocenters. The molecule has 0 radical (unpaired) electrons. The Morgan fingerprint density at radius 1 is 1.47 bits per heavy atom. The minimum absolute atomic E-state index is 0.0415. The highest BCUT2D eigenvalue weighted by atomic mass is 35.5. The van der Waals surface area contributed by atoms with Crippen molar-refractivity contribution in [3.63, 3.8) is 0 Å². The molecule has 1 heterocycles. The lowest BCUT2D eigenvalue weighted by molar-refractivity contribution is 0.0488. The van der Waals surface area contributed by atoms with Crippen molar-refractivity contribution >= 4 is 17.5 Å². The summed E-state index contributed by atoms with van der Waals surface area (Å²) in [7, 11) is 0. The molecule has 19 heavy (non-hydrogen) atoms. The van der Waals surface area contributed by atoms with Crippen LogP contribution in [0.4, 0.5) is 0 Å². The maximum atomic E-state index is 12.6. The van der Waals surface area contributed by atoms with E-state index in [1.54, 1.807) is 12.1 Å². The molecule has 1 N–H and O–H groups in total. The summed E-state index contributed by atoms with van der Waals surface area (Å²) in [6, 6.07) is 5.58. The molecule has 3 nitrogen and oxygen atoms in total. The first-order valence-corrected chi connectivity index (χ1v) is 7.08. The molecule has 1 aromatic carbocycles. The number of carbonyl (C=O) groups excluding carboxylic acids is 1. The van der Waals surface area contributed by atoms with E-state index in [0.717, 1.165) is 18.4 Å². The second kappa shape index (κ2) is 5.93. The predicted octanol–water partition coefficient (Wildman–Crippen LogP) is 2.88. The Balaban J connectivity index is 2.22. The average Bonchev–Trinajstić information content (AvgIpc) is 2.38. The Bertz CT molecular complexity index is 475. The lowest BCUT2D eigenvalue weighted by Gasteiger charge is -2.37. The number of hydrogen-bond donors (Lipinski definition) is 1. The Morgan fingerprint density at radius 2 is 2.21 bits per heavy atom. The summed E-state index contributed by atoms with van der Waals surface area (Å²) < 4.78 is 0. The van der Waals surface area contributed by atoms with Crippen LogP contribution in [0.25, 0.3) is 0 Å². The second-order valence-electron chi connectivity index (χ2n) is 5.39. The molecule has 1 amide bonds. The molecule has 0 saturated carbocycles. The van der Waals surface area contributed by atoms with Gasteiger partial charge in [-0.1, -0.05) is 11.6 Å². The highest BCUT2D eigenvalue weighted by Gasteiger charge is 2.29. The third-order valence-electron chi connectivity index (χ3n) is 3.92. The standard InChI is InChI=1S/C15H20ClNO2/c1-10-7-13(16)5-6-14(10)15(19)17-8-12(9-18)4-3-11(17)2/h5-7,11-12,18H,3-4,8-9H2,1-2H3. The molecule has 1 aromatic rings. The number of benzene rings is 1. The van der Waals surface area contributed by atoms with Crippen molar-refractivity contribution in [3.8, 4) is 0 Å². The van der Waals surface area contributed by atoms with Crippen molar-refractivity contribution in [2.45, 2.75) is 32.7 Å². The number of likely N-dealkylation sites (tertiary alicyclic amines) is 1. The van der Waals surface area contributed by atoms with Crippen LogP contribution in [0.15, 0.2) is 18.2 Å². The lowest BCUT2D eigenvalue weighted by Crippen LogP contribution is -2.46. The summed E-state index contributed by atoms with van der Waals surface area (Å²) in [5.41, 5.74) is 1.60. The van der Waals surface area contributed by atoms with Gasteiger partial charge < -0.3 is 10.0 Å². The SMILES string of the molecule is Cc1cc(Cl)ccc1C(=O)N1CC(CO)CCC1C. The molecule has 0 bridgehead atoms. The summed E-state index contributed by atoms with van der Waals surface area (Å²) in [5.74, 6) is 0.243. The van der Waals surface area contributed by atoms with Gasteiger partial charge in [-0.15, -0.1) is 0 Å². The molecule has 1 aliphatic heterocycles. The van der Waals surface area contributed by atoms with Gasteiger partial charge in [0.2, 0.25) is 0 Å². The van der Waals surface area contributed by atoms with Gasteiger partial charge in [-0.3, -0.25) is 4.79 Å². The molecule has 0 aromatic heterocycles. The van der Waals surface area contributed by atoms with Gasteiger partial charge in [-0.05, 0) is 56.4 Å². The van der Waals surface area contributed by atoms with Crippen molar-refractivity contribution in [2.75, 3.05) is 13.2 Å². The van der Waals surface area contributed by atoms with Crippen molar-refractivity contribution in [1.82, 2.24) is 4.90 Å². The highest BCUT2D eigenvalue weighted by Crippen LogP contribution is 2.25. The van der Waals surface area contributed by atoms with E-state index in [2.05, 4.69) is 6.92 Å². The molecular formula is C15H20ClNO2. The Hall–Kier alpha value is -1.06. The third kappa shape index (κ3) is 3.10. The number of halogens is 1. The molecule has 1 saturated heterocycles. The lowest BCUT2D eigenvalue weighted by atomic mass is 9.93. The number of hydrogen-bond acceptors (Lipinski definition) is 2. The Morgan fingerprint density at radius 3 is 2.84 bits per heavy atom. The summed E-state index contributed by atoms with van der Waals surface area (Å²) in [6.07, 6.45) is 1.94. The van der Waals surface area contributed by atoms with Crippen molar-refractivity contribution < 1.29 is 9.90 Å². The molecule has 4 heteroatoms. The fourth-order valence-electron chi connectivity index (χ4n) is 2.64. The monoisotopic (exact) mass is 281 g/mol. The quantitative estimate of drug-likeness (QED) is 0.905. The van der Waals surface area contributed by atoms with Crippen molar-refractivity contribution in [1.29, 1.82) is 0 Å². The molecule has 0 spiro atoms. The summed E-state index contributed by atoms with van der Waals surface area (Å²) >= 11 is 5.92. The van der Waals surface area contributed by atoms with Crippen LogP contribution >= 0.6 is 11.6 Å². The minimum Gasteiger partial charge on any atom is -0.396 e. The molecular weight excluding hydrogens is 262 g/mol. The summed E-state index contributed by atoms with van der Waals surface area (Å²) in [4.78, 5) is 14.5. The number of aliphatic hydroxyl groups is 1. The van der Waals surface area contributed by atoms with Crippen LogP contribution in [0.1, 0.15) is 35.7 Å². The van der Waals surface area contributed by atoms with E-state index in [0.29, 0.717) is 17.1 Å². The fraction of sp³-hybridized carbons (Fsp3) is 0.533. The summed E-state index contributed by atoms with van der Waals surface area (Å²) in [5, 5.41) is 9.93. The number of rotatable bonds is 2. The maximum Gasteiger partial charge on any atom is 0.254 e. The van der Waals surface area contributed by atoms with Crippen LogP contribution < -0.4 is 0 Å². The maximum absolute atomic E-state index is 12.6. The van der Waals surface area contributed by atoms with Gasteiger partial charge >= 0.3 is 0 Å². The molecule has 1 fully saturated rings. The van der Waals surface area contributed by atoms with Gasteiger partial charge in [-0.25, -0.2) is 0 Å². The van der Waals surface area contributed by atoms with E-state index in [9.17, 15) is 9.90 Å². The van der Waals surface area contributed by atoms with Gasteiger partial charge in [-0.2, -0.15) is 0 Å². The highest BCUT2D eigenvalue weighted by molar-refractivity contribution is 6.30. The first-order chi connectivity index (χ1) is 9.02. The van der Waals surface area contributed by atoms with E-state index in [4.69, 9.17) is 11.6 Å². The van der Waals surface area contributed by atoms with Crippen LogP contribution in [-0.2, 0) is 0 Å². The zero-order valence-corrected chi connectivity index (χ0v) is 12.2. The largest absolute Gasteiger partial charge is 0.396 e. The smallest absolute Gasteiger partial charge is 0.254 e. The number of piperidine rings is 1. The topological polar surface area (TPSA) is 40.5 Å². The van der Waals surface area contributed by atoms with Crippen LogP contribution in [0.5, 0.6) is 0 Å². The van der Waals surface area contributed by atoms with Gasteiger partial charge in [0.05, 0.1) is 0 Å². The van der Waals surface area contributed by atoms with E-state index < -0.39 is 0 Å². The van der Waals surface area contributed by atoms with Crippen LogP contribution in [0, 0.1) is 12.8 Å². The number of aliphatic hydroxyl groups excluding tert-OH is 1. The van der Waals surface area contributed by atoms with Crippen LogP contribution in [0.3, 0.4) is 0 Å². The Kier molecular flexibility index (Phi) is 4.48.